The van der Waals surface area contributed by atoms with Crippen LogP contribution in [-0.2, 0) is 15.3 Å². The van der Waals surface area contributed by atoms with Gasteiger partial charge in [0.25, 0.3) is 0 Å². The van der Waals surface area contributed by atoms with Gasteiger partial charge in [-0.3, -0.25) is 9.97 Å². The summed E-state index contributed by atoms with van der Waals surface area (Å²) in [5, 5.41) is 20.7. The Balaban J connectivity index is 1.88. The number of aliphatic hydroxyl groups is 1. The first-order chi connectivity index (χ1) is 17.4. The fourth-order valence-corrected chi connectivity index (χ4v) is 5.80. The summed E-state index contributed by atoms with van der Waals surface area (Å²) in [5.41, 5.74) is -0.524. The van der Waals surface area contributed by atoms with Crippen molar-refractivity contribution in [3.63, 3.8) is 0 Å². The molecule has 14 heteroatoms. The largest absolute Gasteiger partial charge is 0.455 e. The SMILES string of the molecule is CCS(=O)(=O)c1cc(C2(C#N)CC2)cnc1-c1cc2c(cn1)N(CC(F)(F)C(F)(F)F)C(C)(O)N2C(C)C. The number of fused-ring (bicyclic) bond motifs is 1. The van der Waals surface area contributed by atoms with E-state index >= 15 is 0 Å². The van der Waals surface area contributed by atoms with Crippen LogP contribution in [0.25, 0.3) is 11.4 Å². The molecule has 1 N–H and O–H groups in total. The van der Waals surface area contributed by atoms with Crippen LogP contribution in [0.4, 0.5) is 33.3 Å². The van der Waals surface area contributed by atoms with Crippen molar-refractivity contribution in [3.8, 4) is 17.5 Å². The molecule has 0 saturated heterocycles. The molecule has 38 heavy (non-hydrogen) atoms. The van der Waals surface area contributed by atoms with Gasteiger partial charge in [0.1, 0.15) is 5.69 Å². The van der Waals surface area contributed by atoms with E-state index < -0.39 is 45.8 Å². The lowest BCUT2D eigenvalue weighted by atomic mass is 9.99. The number of pyridine rings is 2. The molecule has 0 radical (unpaired) electrons. The third kappa shape index (κ3) is 4.35. The second-order valence-corrected chi connectivity index (χ2v) is 12.2. The minimum Gasteiger partial charge on any atom is -0.354 e. The molecule has 2 aromatic heterocycles. The molecular formula is C24H26F5N5O3S. The van der Waals surface area contributed by atoms with Crippen molar-refractivity contribution in [2.24, 2.45) is 0 Å². The number of halogens is 5. The molecule has 1 aliphatic carbocycles. The zero-order valence-electron chi connectivity index (χ0n) is 21.0. The lowest BCUT2D eigenvalue weighted by Crippen LogP contribution is -2.61. The average Bonchev–Trinajstić information content (AvgIpc) is 3.59. The average molecular weight is 560 g/mol. The number of hydrogen-bond acceptors (Lipinski definition) is 8. The molecule has 3 heterocycles. The van der Waals surface area contributed by atoms with E-state index in [9.17, 15) is 40.7 Å². The number of hydrogen-bond donors (Lipinski definition) is 1. The van der Waals surface area contributed by atoms with E-state index in [1.54, 1.807) is 13.8 Å². The normalized spacial score (nSPS) is 21.0. The molecule has 1 atom stereocenters. The fraction of sp³-hybridized carbons (Fsp3) is 0.542. The summed E-state index contributed by atoms with van der Waals surface area (Å²) >= 11 is 0. The standard InChI is InChI=1S/C24H26F5N5O3S/c1-5-38(36,37)19-8-15(22(12-30)6-7-22)10-32-20(19)16-9-17-18(11-31-16)33(13-23(25,26)24(27,28)29)21(4,35)34(17)14(2)3/h8-11,14,35H,5-7,13H2,1-4H3. The van der Waals surface area contributed by atoms with Crippen LogP contribution in [0.1, 0.15) is 46.1 Å². The van der Waals surface area contributed by atoms with Gasteiger partial charge in [0.05, 0.1) is 51.9 Å². The van der Waals surface area contributed by atoms with E-state index in [2.05, 4.69) is 16.0 Å². The lowest BCUT2D eigenvalue weighted by molar-refractivity contribution is -0.278. The molecule has 1 aliphatic heterocycles. The molecule has 1 unspecified atom stereocenters. The van der Waals surface area contributed by atoms with Crippen molar-refractivity contribution in [1.82, 2.24) is 9.97 Å². The summed E-state index contributed by atoms with van der Waals surface area (Å²) < 4.78 is 93.2. The highest BCUT2D eigenvalue weighted by molar-refractivity contribution is 7.91. The van der Waals surface area contributed by atoms with Gasteiger partial charge >= 0.3 is 12.1 Å². The summed E-state index contributed by atoms with van der Waals surface area (Å²) in [5.74, 6) is -7.70. The molecule has 2 aromatic rings. The van der Waals surface area contributed by atoms with Gasteiger partial charge in [-0.1, -0.05) is 6.92 Å². The molecule has 2 aliphatic rings. The molecule has 206 valence electrons. The summed E-state index contributed by atoms with van der Waals surface area (Å²) in [4.78, 5) is 10.1. The molecule has 0 bridgehead atoms. The lowest BCUT2D eigenvalue weighted by Gasteiger charge is -2.41. The van der Waals surface area contributed by atoms with E-state index in [1.807, 2.05) is 0 Å². The van der Waals surface area contributed by atoms with Crippen molar-refractivity contribution in [1.29, 1.82) is 5.26 Å². The predicted molar refractivity (Wildman–Crippen MR) is 128 cm³/mol. The van der Waals surface area contributed by atoms with Crippen LogP contribution in [0.2, 0.25) is 0 Å². The van der Waals surface area contributed by atoms with Crippen LogP contribution >= 0.6 is 0 Å². The Morgan fingerprint density at radius 3 is 2.26 bits per heavy atom. The molecule has 4 rings (SSSR count). The Morgan fingerprint density at radius 2 is 1.76 bits per heavy atom. The molecular weight excluding hydrogens is 533 g/mol. The Bertz CT molecular complexity index is 1420. The summed E-state index contributed by atoms with van der Waals surface area (Å²) in [6.07, 6.45) is -2.32. The van der Waals surface area contributed by atoms with Gasteiger partial charge in [0.2, 0.25) is 5.85 Å². The van der Waals surface area contributed by atoms with Crippen LogP contribution in [0.5, 0.6) is 0 Å². The molecule has 0 spiro atoms. The zero-order valence-corrected chi connectivity index (χ0v) is 21.8. The fourth-order valence-electron chi connectivity index (χ4n) is 4.73. The van der Waals surface area contributed by atoms with Gasteiger partial charge in [-0.15, -0.1) is 0 Å². The van der Waals surface area contributed by atoms with Crippen molar-refractivity contribution < 1.29 is 35.5 Å². The second kappa shape index (κ2) is 8.74. The highest BCUT2D eigenvalue weighted by Gasteiger charge is 2.61. The Morgan fingerprint density at radius 1 is 1.13 bits per heavy atom. The van der Waals surface area contributed by atoms with Gasteiger partial charge in [-0.25, -0.2) is 8.42 Å². The highest BCUT2D eigenvalue weighted by atomic mass is 32.2. The van der Waals surface area contributed by atoms with Gasteiger partial charge in [0.15, 0.2) is 9.84 Å². The molecule has 0 amide bonds. The predicted octanol–water partition coefficient (Wildman–Crippen LogP) is 4.39. The molecule has 0 aromatic carbocycles. The Labute approximate surface area is 216 Å². The summed E-state index contributed by atoms with van der Waals surface area (Å²) in [6.45, 7) is 3.90. The number of rotatable bonds is 7. The first kappa shape index (κ1) is 28.0. The zero-order chi connectivity index (χ0) is 28.5. The quantitative estimate of drug-likeness (QED) is 0.498. The maximum absolute atomic E-state index is 14.1. The first-order valence-corrected chi connectivity index (χ1v) is 13.5. The Kier molecular flexibility index (Phi) is 6.43. The van der Waals surface area contributed by atoms with Crippen molar-refractivity contribution in [2.75, 3.05) is 22.1 Å². The van der Waals surface area contributed by atoms with E-state index in [4.69, 9.17) is 0 Å². The van der Waals surface area contributed by atoms with Crippen LogP contribution in [0, 0.1) is 11.3 Å². The maximum Gasteiger partial charge on any atom is 0.455 e. The number of nitrogens with zero attached hydrogens (tertiary/aromatic N) is 5. The maximum atomic E-state index is 14.1. The van der Waals surface area contributed by atoms with Crippen LogP contribution in [0.3, 0.4) is 0 Å². The third-order valence-corrected chi connectivity index (χ3v) is 8.74. The van der Waals surface area contributed by atoms with Gasteiger partial charge in [-0.05, 0) is 44.4 Å². The third-order valence-electron chi connectivity index (χ3n) is 6.99. The minimum absolute atomic E-state index is 0.00927. The van der Waals surface area contributed by atoms with Crippen LogP contribution in [-0.4, -0.2) is 59.8 Å². The van der Waals surface area contributed by atoms with Gasteiger partial charge < -0.3 is 14.9 Å². The topological polar surface area (TPSA) is 110 Å². The number of nitriles is 1. The summed E-state index contributed by atoms with van der Waals surface area (Å²) in [7, 11) is -3.87. The number of aromatic nitrogens is 2. The van der Waals surface area contributed by atoms with Gasteiger partial charge in [0, 0.05) is 19.2 Å². The number of anilines is 2. The second-order valence-electron chi connectivity index (χ2n) is 9.95. The van der Waals surface area contributed by atoms with Gasteiger partial charge in [-0.2, -0.15) is 27.2 Å². The van der Waals surface area contributed by atoms with E-state index in [-0.39, 0.29) is 33.4 Å². The van der Waals surface area contributed by atoms with Crippen molar-refractivity contribution >= 4 is 21.2 Å². The number of sulfone groups is 1. The monoisotopic (exact) mass is 559 g/mol. The Hall–Kier alpha value is -3.05. The van der Waals surface area contributed by atoms with E-state index in [0.29, 0.717) is 23.3 Å². The first-order valence-electron chi connectivity index (χ1n) is 11.8. The summed E-state index contributed by atoms with van der Waals surface area (Å²) in [6, 6.07) is 4.32. The van der Waals surface area contributed by atoms with E-state index in [0.717, 1.165) is 13.1 Å². The van der Waals surface area contributed by atoms with Crippen LogP contribution < -0.4 is 9.80 Å². The smallest absolute Gasteiger partial charge is 0.354 e. The van der Waals surface area contributed by atoms with Crippen molar-refractivity contribution in [2.45, 2.75) is 74.8 Å². The molecule has 1 saturated carbocycles. The van der Waals surface area contributed by atoms with Crippen molar-refractivity contribution in [3.05, 3.63) is 30.1 Å². The molecule has 8 nitrogen and oxygen atoms in total. The minimum atomic E-state index is -5.85. The highest BCUT2D eigenvalue weighted by Crippen LogP contribution is 2.50. The number of alkyl halides is 5. The molecule has 1 fully saturated rings. The van der Waals surface area contributed by atoms with E-state index in [1.165, 1.54) is 30.2 Å². The van der Waals surface area contributed by atoms with Crippen LogP contribution in [0.15, 0.2) is 29.4 Å².